The van der Waals surface area contributed by atoms with E-state index in [0.29, 0.717) is 6.42 Å². The summed E-state index contributed by atoms with van der Waals surface area (Å²) in [5, 5.41) is 31.9. The van der Waals surface area contributed by atoms with Gasteiger partial charge in [-0.2, -0.15) is 5.10 Å². The molecule has 0 aromatic carbocycles. The van der Waals surface area contributed by atoms with Gasteiger partial charge < -0.3 is 14.9 Å². The van der Waals surface area contributed by atoms with Crippen molar-refractivity contribution in [2.24, 2.45) is 17.3 Å². The van der Waals surface area contributed by atoms with Crippen molar-refractivity contribution < 1.29 is 24.5 Å². The van der Waals surface area contributed by atoms with E-state index in [1.807, 2.05) is 32.2 Å². The Bertz CT molecular complexity index is 1090. The number of thiazole rings is 1. The van der Waals surface area contributed by atoms with Gasteiger partial charge >= 0.3 is 5.97 Å². The predicted octanol–water partition coefficient (Wildman–Crippen LogP) is 4.05. The molecular formula is C27H39N3O5S. The van der Waals surface area contributed by atoms with Gasteiger partial charge in [0.25, 0.3) is 0 Å². The van der Waals surface area contributed by atoms with Crippen LogP contribution >= 0.6 is 11.3 Å². The van der Waals surface area contributed by atoms with Crippen molar-refractivity contribution in [2.45, 2.75) is 92.0 Å². The largest absolute Gasteiger partial charge is 0.457 e. The number of aryl methyl sites for hydroxylation is 2. The van der Waals surface area contributed by atoms with Crippen molar-refractivity contribution in [2.75, 3.05) is 0 Å². The minimum absolute atomic E-state index is 0.0930. The number of nitrogens with one attached hydrogen (secondary N) is 1. The molecule has 2 aromatic rings. The molecule has 0 fully saturated rings. The minimum atomic E-state index is -1.25. The number of ether oxygens (including phenoxy) is 1. The molecule has 0 amide bonds. The summed E-state index contributed by atoms with van der Waals surface area (Å²) in [6.07, 6.45) is 3.42. The highest BCUT2D eigenvalue weighted by atomic mass is 32.1. The van der Waals surface area contributed by atoms with Gasteiger partial charge in [0.2, 0.25) is 0 Å². The highest BCUT2D eigenvalue weighted by molar-refractivity contribution is 7.09. The van der Waals surface area contributed by atoms with Crippen LogP contribution in [0.2, 0.25) is 0 Å². The summed E-state index contributed by atoms with van der Waals surface area (Å²) in [5.74, 6) is -1.62. The molecule has 9 heteroatoms. The first-order chi connectivity index (χ1) is 16.9. The fourth-order valence-electron chi connectivity index (χ4n) is 4.79. The van der Waals surface area contributed by atoms with Gasteiger partial charge in [-0.3, -0.25) is 14.7 Å². The maximum atomic E-state index is 13.2. The van der Waals surface area contributed by atoms with Crippen LogP contribution in [0.5, 0.6) is 0 Å². The molecular weight excluding hydrogens is 478 g/mol. The van der Waals surface area contributed by atoms with Crippen LogP contribution in [0.4, 0.5) is 0 Å². The van der Waals surface area contributed by atoms with Gasteiger partial charge in [-0.15, -0.1) is 11.3 Å². The topological polar surface area (TPSA) is 125 Å². The van der Waals surface area contributed by atoms with Gasteiger partial charge in [-0.25, -0.2) is 4.98 Å². The molecule has 198 valence electrons. The monoisotopic (exact) mass is 517 g/mol. The molecule has 1 aliphatic heterocycles. The first kappa shape index (κ1) is 28.2. The fraction of sp³-hybridized carbons (Fsp3) is 0.630. The molecule has 0 saturated carbocycles. The number of aromatic nitrogens is 3. The molecule has 0 unspecified atom stereocenters. The third-order valence-corrected chi connectivity index (χ3v) is 8.23. The number of cyclic esters (lactones) is 1. The molecule has 36 heavy (non-hydrogen) atoms. The lowest BCUT2D eigenvalue weighted by Gasteiger charge is -2.34. The molecule has 0 saturated heterocycles. The Morgan fingerprint density at radius 2 is 1.97 bits per heavy atom. The van der Waals surface area contributed by atoms with E-state index in [4.69, 9.17) is 4.74 Å². The standard InChI is InChI=1S/C27H39N3O5S/c1-15-8-7-9-19-13-28-30-21(19)11-22(16(2)10-20-14-36-18(4)29-20)35-24(32)12-23(31)27(5,6)26(34)17(3)25(15)33/h10,13-15,17,22-23,25,31,33H,7-9,11-12H2,1-6H3,(H,28,30)/b16-10+/t15-,17+,22-,23-,25-/m0/s1. The Labute approximate surface area is 217 Å². The van der Waals surface area contributed by atoms with E-state index in [2.05, 4.69) is 15.2 Å². The average Bonchev–Trinajstić information content (AvgIpc) is 3.44. The number of carbonyl (C=O) groups is 2. The number of hydrogen-bond acceptors (Lipinski definition) is 8. The Morgan fingerprint density at radius 1 is 1.25 bits per heavy atom. The average molecular weight is 518 g/mol. The van der Waals surface area contributed by atoms with Crippen LogP contribution in [0.25, 0.3) is 6.08 Å². The minimum Gasteiger partial charge on any atom is -0.457 e. The van der Waals surface area contributed by atoms with Gasteiger partial charge in [0.1, 0.15) is 11.9 Å². The van der Waals surface area contributed by atoms with Gasteiger partial charge in [-0.05, 0) is 56.2 Å². The van der Waals surface area contributed by atoms with Crippen LogP contribution in [-0.2, 0) is 27.2 Å². The Hall–Kier alpha value is -2.36. The number of rotatable bonds is 2. The van der Waals surface area contributed by atoms with Crippen LogP contribution in [-0.4, -0.2) is 55.5 Å². The molecule has 3 heterocycles. The number of nitrogens with zero attached hydrogens (tertiary/aromatic N) is 2. The van der Waals surface area contributed by atoms with Crippen molar-refractivity contribution in [3.8, 4) is 0 Å². The van der Waals surface area contributed by atoms with Gasteiger partial charge in [-0.1, -0.05) is 27.7 Å². The quantitative estimate of drug-likeness (QED) is 0.513. The number of aliphatic hydroxyl groups is 2. The summed E-state index contributed by atoms with van der Waals surface area (Å²) < 4.78 is 5.88. The fourth-order valence-corrected chi connectivity index (χ4v) is 5.36. The van der Waals surface area contributed by atoms with E-state index < -0.39 is 35.6 Å². The second-order valence-corrected chi connectivity index (χ2v) is 11.8. The van der Waals surface area contributed by atoms with Crippen LogP contribution in [0.1, 0.15) is 75.8 Å². The third kappa shape index (κ3) is 6.69. The van der Waals surface area contributed by atoms with Crippen LogP contribution in [0, 0.1) is 24.2 Å². The second-order valence-electron chi connectivity index (χ2n) is 10.7. The summed E-state index contributed by atoms with van der Waals surface area (Å²) in [7, 11) is 0. The second kappa shape index (κ2) is 11.8. The van der Waals surface area contributed by atoms with Gasteiger partial charge in [0.15, 0.2) is 0 Å². The summed E-state index contributed by atoms with van der Waals surface area (Å²) in [6.45, 7) is 10.7. The van der Waals surface area contributed by atoms with Gasteiger partial charge in [0, 0.05) is 23.4 Å². The first-order valence-corrected chi connectivity index (χ1v) is 13.5. The molecule has 0 aliphatic carbocycles. The first-order valence-electron chi connectivity index (χ1n) is 12.6. The molecule has 1 aliphatic rings. The Kier molecular flexibility index (Phi) is 9.24. The number of aromatic amines is 1. The summed E-state index contributed by atoms with van der Waals surface area (Å²) in [6, 6.07) is 0. The van der Waals surface area contributed by atoms with Crippen molar-refractivity contribution >= 4 is 29.2 Å². The number of H-pyrrole nitrogens is 1. The van der Waals surface area contributed by atoms with Crippen LogP contribution in [0.15, 0.2) is 17.2 Å². The molecule has 3 rings (SSSR count). The number of aliphatic hydroxyl groups excluding tert-OH is 2. The van der Waals surface area contributed by atoms with Crippen molar-refractivity contribution in [1.82, 2.24) is 15.2 Å². The zero-order valence-corrected chi connectivity index (χ0v) is 22.9. The molecule has 3 N–H and O–H groups in total. The molecule has 5 atom stereocenters. The number of esters is 1. The SMILES string of the molecule is C/C(=C\c1csc(C)n1)[C@@H]1Cc2[nH]ncc2CCC[C@H](C)[C@H](O)[C@@H](C)C(=O)C(C)(C)[C@@H](O)CC(=O)O1. The summed E-state index contributed by atoms with van der Waals surface area (Å²) >= 11 is 1.55. The van der Waals surface area contributed by atoms with E-state index in [9.17, 15) is 19.8 Å². The maximum absolute atomic E-state index is 13.2. The van der Waals surface area contributed by atoms with E-state index >= 15 is 0 Å². The summed E-state index contributed by atoms with van der Waals surface area (Å²) in [4.78, 5) is 30.7. The van der Waals surface area contributed by atoms with Crippen molar-refractivity contribution in [3.63, 3.8) is 0 Å². The zero-order valence-electron chi connectivity index (χ0n) is 22.1. The van der Waals surface area contributed by atoms with E-state index in [1.165, 1.54) is 0 Å². The molecule has 0 spiro atoms. The molecule has 2 aromatic heterocycles. The zero-order chi connectivity index (χ0) is 26.6. The predicted molar refractivity (Wildman–Crippen MR) is 139 cm³/mol. The van der Waals surface area contributed by atoms with E-state index in [1.54, 1.807) is 38.3 Å². The normalized spacial score (nSPS) is 29.0. The molecule has 8 nitrogen and oxygen atoms in total. The number of fused-ring (bicyclic) bond motifs is 1. The van der Waals surface area contributed by atoms with Crippen molar-refractivity contribution in [1.29, 1.82) is 0 Å². The van der Waals surface area contributed by atoms with Crippen LogP contribution in [0.3, 0.4) is 0 Å². The third-order valence-electron chi connectivity index (χ3n) is 7.43. The highest BCUT2D eigenvalue weighted by Crippen LogP contribution is 2.32. The Balaban J connectivity index is 1.93. The smallest absolute Gasteiger partial charge is 0.309 e. The van der Waals surface area contributed by atoms with E-state index in [0.717, 1.165) is 46.8 Å². The summed E-state index contributed by atoms with van der Waals surface area (Å²) in [5.41, 5.74) is 2.33. The highest BCUT2D eigenvalue weighted by Gasteiger charge is 2.42. The number of carbonyl (C=O) groups excluding carboxylic acids is 2. The number of hydrogen-bond donors (Lipinski definition) is 3. The van der Waals surface area contributed by atoms with E-state index in [-0.39, 0.29) is 18.1 Å². The molecule has 0 radical (unpaired) electrons. The maximum Gasteiger partial charge on any atom is 0.309 e. The lowest BCUT2D eigenvalue weighted by atomic mass is 9.73. The van der Waals surface area contributed by atoms with Crippen LogP contribution < -0.4 is 0 Å². The lowest BCUT2D eigenvalue weighted by Crippen LogP contribution is -2.45. The van der Waals surface area contributed by atoms with Gasteiger partial charge in [0.05, 0.1) is 40.9 Å². The molecule has 0 bridgehead atoms. The lowest BCUT2D eigenvalue weighted by molar-refractivity contribution is -0.154. The number of Topliss-reactive ketones (excluding diaryl/α,β-unsaturated/α-hetero) is 1. The Morgan fingerprint density at radius 3 is 2.64 bits per heavy atom. The van der Waals surface area contributed by atoms with Crippen molar-refractivity contribution in [3.05, 3.63) is 39.1 Å². The number of ketones is 1.